The Morgan fingerprint density at radius 3 is 2.39 bits per heavy atom. The average Bonchev–Trinajstić information content (AvgIpc) is 2.93. The molecule has 184 valence electrons. The van der Waals surface area contributed by atoms with Gasteiger partial charge in [0.1, 0.15) is 17.9 Å². The molecule has 0 bridgehead atoms. The molecule has 7 nitrogen and oxygen atoms in total. The Morgan fingerprint density at radius 2 is 1.61 bits per heavy atom. The molecule has 0 saturated carbocycles. The minimum atomic E-state index is -0.362. The molecule has 1 aliphatic heterocycles. The predicted octanol–water partition coefficient (Wildman–Crippen LogP) is 4.24. The summed E-state index contributed by atoms with van der Waals surface area (Å²) < 4.78 is 11.1. The Labute approximate surface area is 209 Å². The summed E-state index contributed by atoms with van der Waals surface area (Å²) in [5, 5.41) is 4.26. The largest absolute Gasteiger partial charge is 0.489 e. The zero-order chi connectivity index (χ0) is 24.7. The molecule has 2 heterocycles. The number of rotatable bonds is 8. The summed E-state index contributed by atoms with van der Waals surface area (Å²) in [5.41, 5.74) is 2.78. The second kappa shape index (κ2) is 11.1. The standard InChI is InChI=1S/C29H29N3O4/c33-28-20-26(25-8-4-5-9-27(25)36-28)30-14-15-31-16-18-32(19-17-31)29(34)23-10-12-24(13-11-23)35-21-22-6-2-1-3-7-22/h1-13,20,30H,14-19,21H2. The van der Waals surface area contributed by atoms with E-state index in [2.05, 4.69) is 10.2 Å². The van der Waals surface area contributed by atoms with Crippen molar-refractivity contribution in [3.05, 3.63) is 106 Å². The van der Waals surface area contributed by atoms with Crippen molar-refractivity contribution in [2.24, 2.45) is 0 Å². The first kappa shape index (κ1) is 23.6. The van der Waals surface area contributed by atoms with Crippen LogP contribution in [-0.4, -0.2) is 55.0 Å². The van der Waals surface area contributed by atoms with Gasteiger partial charge >= 0.3 is 5.63 Å². The van der Waals surface area contributed by atoms with Crippen LogP contribution in [0.2, 0.25) is 0 Å². The molecule has 7 heteroatoms. The molecule has 1 amide bonds. The first-order valence-electron chi connectivity index (χ1n) is 12.2. The molecule has 0 spiro atoms. The molecule has 5 rings (SSSR count). The summed E-state index contributed by atoms with van der Waals surface area (Å²) in [7, 11) is 0. The molecule has 1 aliphatic rings. The van der Waals surface area contributed by atoms with Crippen LogP contribution in [0.5, 0.6) is 5.75 Å². The van der Waals surface area contributed by atoms with Crippen molar-refractivity contribution < 1.29 is 13.9 Å². The van der Waals surface area contributed by atoms with Crippen LogP contribution >= 0.6 is 0 Å². The van der Waals surface area contributed by atoms with E-state index >= 15 is 0 Å². The third kappa shape index (κ3) is 5.75. The number of nitrogens with zero attached hydrogens (tertiary/aromatic N) is 2. The Kier molecular flexibility index (Phi) is 7.28. The van der Waals surface area contributed by atoms with Crippen molar-refractivity contribution >= 4 is 22.6 Å². The van der Waals surface area contributed by atoms with Gasteiger partial charge in [-0.2, -0.15) is 0 Å². The third-order valence-electron chi connectivity index (χ3n) is 6.40. The van der Waals surface area contributed by atoms with Crippen LogP contribution < -0.4 is 15.7 Å². The Balaban J connectivity index is 1.08. The molecule has 0 atom stereocenters. The number of carbonyl (C=O) groups excluding carboxylic acids is 1. The van der Waals surface area contributed by atoms with Gasteiger partial charge < -0.3 is 19.4 Å². The number of nitrogens with one attached hydrogen (secondary N) is 1. The van der Waals surface area contributed by atoms with E-state index in [0.717, 1.165) is 42.0 Å². The van der Waals surface area contributed by atoms with Crippen molar-refractivity contribution in [1.82, 2.24) is 9.80 Å². The lowest BCUT2D eigenvalue weighted by Gasteiger charge is -2.34. The van der Waals surface area contributed by atoms with Gasteiger partial charge in [-0.15, -0.1) is 0 Å². The van der Waals surface area contributed by atoms with Crippen LogP contribution in [0.15, 0.2) is 94.1 Å². The van der Waals surface area contributed by atoms with Crippen LogP contribution in [0, 0.1) is 0 Å². The minimum Gasteiger partial charge on any atom is -0.489 e. The van der Waals surface area contributed by atoms with Crippen LogP contribution in [0.4, 0.5) is 5.69 Å². The molecular weight excluding hydrogens is 454 g/mol. The number of piperazine rings is 1. The van der Waals surface area contributed by atoms with Crippen molar-refractivity contribution in [3.8, 4) is 5.75 Å². The minimum absolute atomic E-state index is 0.0462. The number of amides is 1. The lowest BCUT2D eigenvalue weighted by Crippen LogP contribution is -2.49. The topological polar surface area (TPSA) is 75.0 Å². The molecule has 4 aromatic rings. The highest BCUT2D eigenvalue weighted by Gasteiger charge is 2.22. The average molecular weight is 484 g/mol. The number of ether oxygens (including phenoxy) is 1. The number of hydrogen-bond donors (Lipinski definition) is 1. The summed E-state index contributed by atoms with van der Waals surface area (Å²) in [6.07, 6.45) is 0. The van der Waals surface area contributed by atoms with Crippen molar-refractivity contribution in [2.75, 3.05) is 44.6 Å². The maximum atomic E-state index is 13.0. The second-order valence-electron chi connectivity index (χ2n) is 8.83. The summed E-state index contributed by atoms with van der Waals surface area (Å²) in [5.74, 6) is 0.793. The third-order valence-corrected chi connectivity index (χ3v) is 6.40. The molecule has 1 N–H and O–H groups in total. The summed E-state index contributed by atoms with van der Waals surface area (Å²) in [6, 6.07) is 26.4. The lowest BCUT2D eigenvalue weighted by molar-refractivity contribution is 0.0642. The molecule has 0 radical (unpaired) electrons. The number of fused-ring (bicyclic) bond motifs is 1. The Hall–Kier alpha value is -4.10. The fourth-order valence-corrected chi connectivity index (χ4v) is 4.40. The quantitative estimate of drug-likeness (QED) is 0.378. The van der Waals surface area contributed by atoms with Gasteiger partial charge in [0, 0.05) is 56.3 Å². The van der Waals surface area contributed by atoms with Gasteiger partial charge in [0.25, 0.3) is 5.91 Å². The molecule has 3 aromatic carbocycles. The highest BCUT2D eigenvalue weighted by Crippen LogP contribution is 2.21. The zero-order valence-electron chi connectivity index (χ0n) is 20.1. The van der Waals surface area contributed by atoms with Gasteiger partial charge in [0.15, 0.2) is 0 Å². The molecular formula is C29H29N3O4. The normalized spacial score (nSPS) is 14.1. The fraction of sp³-hybridized carbons (Fsp3) is 0.241. The Bertz CT molecular complexity index is 1360. The number of anilines is 1. The van der Waals surface area contributed by atoms with Gasteiger partial charge in [-0.05, 0) is 42.0 Å². The number of benzene rings is 3. The van der Waals surface area contributed by atoms with Crippen molar-refractivity contribution in [2.45, 2.75) is 6.61 Å². The van der Waals surface area contributed by atoms with E-state index in [9.17, 15) is 9.59 Å². The van der Waals surface area contributed by atoms with Crippen LogP contribution in [-0.2, 0) is 6.61 Å². The van der Waals surface area contributed by atoms with Crippen molar-refractivity contribution in [3.63, 3.8) is 0 Å². The van der Waals surface area contributed by atoms with E-state index in [-0.39, 0.29) is 11.5 Å². The number of para-hydroxylation sites is 1. The van der Waals surface area contributed by atoms with Gasteiger partial charge in [-0.25, -0.2) is 4.79 Å². The number of hydrogen-bond acceptors (Lipinski definition) is 6. The van der Waals surface area contributed by atoms with Crippen LogP contribution in [0.25, 0.3) is 11.0 Å². The summed E-state index contributed by atoms with van der Waals surface area (Å²) in [6.45, 7) is 5.01. The van der Waals surface area contributed by atoms with Gasteiger partial charge in [0.05, 0.1) is 5.69 Å². The smallest absolute Gasteiger partial charge is 0.338 e. The number of carbonyl (C=O) groups is 1. The van der Waals surface area contributed by atoms with Crippen LogP contribution in [0.3, 0.4) is 0 Å². The first-order valence-corrected chi connectivity index (χ1v) is 12.2. The summed E-state index contributed by atoms with van der Waals surface area (Å²) in [4.78, 5) is 29.0. The van der Waals surface area contributed by atoms with E-state index in [1.54, 1.807) is 6.07 Å². The van der Waals surface area contributed by atoms with E-state index < -0.39 is 0 Å². The van der Waals surface area contributed by atoms with Gasteiger partial charge in [-0.3, -0.25) is 9.69 Å². The first-order chi connectivity index (χ1) is 17.7. The highest BCUT2D eigenvalue weighted by molar-refractivity contribution is 5.94. The summed E-state index contributed by atoms with van der Waals surface area (Å²) >= 11 is 0. The van der Waals surface area contributed by atoms with E-state index in [1.165, 1.54) is 6.07 Å². The molecule has 0 aliphatic carbocycles. The van der Waals surface area contributed by atoms with Crippen LogP contribution in [0.1, 0.15) is 15.9 Å². The SMILES string of the molecule is O=C(c1ccc(OCc2ccccc2)cc1)N1CCN(CCNc2cc(=O)oc3ccccc23)CC1. The molecule has 1 aromatic heterocycles. The fourth-order valence-electron chi connectivity index (χ4n) is 4.40. The molecule has 0 unspecified atom stereocenters. The van der Waals surface area contributed by atoms with E-state index in [0.29, 0.717) is 37.4 Å². The maximum absolute atomic E-state index is 13.0. The second-order valence-corrected chi connectivity index (χ2v) is 8.83. The van der Waals surface area contributed by atoms with Crippen molar-refractivity contribution in [1.29, 1.82) is 0 Å². The Morgan fingerprint density at radius 1 is 0.889 bits per heavy atom. The molecule has 1 saturated heterocycles. The lowest BCUT2D eigenvalue weighted by atomic mass is 10.1. The molecule has 36 heavy (non-hydrogen) atoms. The molecule has 1 fully saturated rings. The maximum Gasteiger partial charge on any atom is 0.338 e. The van der Waals surface area contributed by atoms with Gasteiger partial charge in [-0.1, -0.05) is 42.5 Å². The van der Waals surface area contributed by atoms with Gasteiger partial charge in [0.2, 0.25) is 0 Å². The van der Waals surface area contributed by atoms with E-state index in [1.807, 2.05) is 77.7 Å². The monoisotopic (exact) mass is 483 g/mol. The van der Waals surface area contributed by atoms with E-state index in [4.69, 9.17) is 9.15 Å². The zero-order valence-corrected chi connectivity index (χ0v) is 20.1. The highest BCUT2D eigenvalue weighted by atomic mass is 16.5. The predicted molar refractivity (Wildman–Crippen MR) is 141 cm³/mol.